The molecule has 96 valence electrons. The van der Waals surface area contributed by atoms with Crippen LogP contribution in [0.15, 0.2) is 30.3 Å². The number of nitrogens with zero attached hydrogens (tertiary/aromatic N) is 1. The molecule has 5 heteroatoms. The summed E-state index contributed by atoms with van der Waals surface area (Å²) in [6, 6.07) is 8.39. The van der Waals surface area contributed by atoms with Crippen LogP contribution in [0.2, 0.25) is 0 Å². The minimum Gasteiger partial charge on any atom is -0.467 e. The van der Waals surface area contributed by atoms with Gasteiger partial charge in [-0.1, -0.05) is 18.2 Å². The molecule has 1 aromatic rings. The molecule has 5 nitrogen and oxygen atoms in total. The summed E-state index contributed by atoms with van der Waals surface area (Å²) < 4.78 is 4.73. The molecular weight excluding hydrogens is 232 g/mol. The second-order valence-electron chi connectivity index (χ2n) is 4.35. The van der Waals surface area contributed by atoms with Crippen LogP contribution in [0, 0.1) is 0 Å². The number of hydrogen-bond donors (Lipinski definition) is 1. The Balaban J connectivity index is 2.21. The predicted octanol–water partition coefficient (Wildman–Crippen LogP) is 0.967. The highest BCUT2D eigenvalue weighted by atomic mass is 16.5. The zero-order valence-electron chi connectivity index (χ0n) is 10.4. The van der Waals surface area contributed by atoms with Crippen LogP contribution in [0.1, 0.15) is 23.7 Å². The van der Waals surface area contributed by atoms with Crippen LogP contribution in [0.4, 0.5) is 0 Å². The van der Waals surface area contributed by atoms with Crippen molar-refractivity contribution in [2.45, 2.75) is 25.4 Å². The van der Waals surface area contributed by atoms with E-state index in [0.717, 1.165) is 0 Å². The summed E-state index contributed by atoms with van der Waals surface area (Å²) in [5, 5.41) is 1.37. The lowest BCUT2D eigenvalue weighted by molar-refractivity contribution is -0.145. The third-order valence-electron chi connectivity index (χ3n) is 2.96. The molecule has 0 bridgehead atoms. The highest BCUT2D eigenvalue weighted by Gasteiger charge is 2.38. The fourth-order valence-electron chi connectivity index (χ4n) is 2.08. The van der Waals surface area contributed by atoms with Crippen LogP contribution >= 0.6 is 0 Å². The molecular formula is C13H16N2O3. The first kappa shape index (κ1) is 12.6. The van der Waals surface area contributed by atoms with Gasteiger partial charge >= 0.3 is 5.97 Å². The molecule has 2 atom stereocenters. The Kier molecular flexibility index (Phi) is 3.62. The molecule has 1 N–H and O–H groups in total. The molecule has 1 aliphatic heterocycles. The predicted molar refractivity (Wildman–Crippen MR) is 65.6 cm³/mol. The molecule has 1 aromatic carbocycles. The summed E-state index contributed by atoms with van der Waals surface area (Å²) in [5.74, 6) is -0.605. The standard InChI is InChI=1S/C13H16N2O3/c1-9-8-11(13(17)18-2)15(14-9)12(16)10-6-4-3-5-7-10/h3-7,9,11,14H,8H2,1-2H3/t9-,11-/m1/s1. The van der Waals surface area contributed by atoms with Gasteiger partial charge in [0.15, 0.2) is 0 Å². The number of amides is 1. The Morgan fingerprint density at radius 3 is 2.61 bits per heavy atom. The summed E-state index contributed by atoms with van der Waals surface area (Å²) in [4.78, 5) is 23.9. The van der Waals surface area contributed by atoms with Gasteiger partial charge in [-0.05, 0) is 25.5 Å². The average molecular weight is 248 g/mol. The summed E-state index contributed by atoms with van der Waals surface area (Å²) in [6.07, 6.45) is 0.561. The van der Waals surface area contributed by atoms with Gasteiger partial charge < -0.3 is 4.74 Å². The van der Waals surface area contributed by atoms with E-state index in [1.807, 2.05) is 13.0 Å². The first-order valence-electron chi connectivity index (χ1n) is 5.86. The van der Waals surface area contributed by atoms with E-state index in [4.69, 9.17) is 4.74 Å². The fraction of sp³-hybridized carbons (Fsp3) is 0.385. The minimum absolute atomic E-state index is 0.0711. The van der Waals surface area contributed by atoms with E-state index in [1.165, 1.54) is 12.1 Å². The lowest BCUT2D eigenvalue weighted by atomic mass is 10.1. The molecule has 18 heavy (non-hydrogen) atoms. The molecule has 1 aliphatic rings. The van der Waals surface area contributed by atoms with Crippen LogP contribution in [-0.4, -0.2) is 36.1 Å². The first-order chi connectivity index (χ1) is 8.63. The summed E-state index contributed by atoms with van der Waals surface area (Å²) in [7, 11) is 1.33. The average Bonchev–Trinajstić information content (AvgIpc) is 2.80. The molecule has 1 heterocycles. The number of carbonyl (C=O) groups excluding carboxylic acids is 2. The van der Waals surface area contributed by atoms with Crippen molar-refractivity contribution < 1.29 is 14.3 Å². The Bertz CT molecular complexity index is 447. The van der Waals surface area contributed by atoms with Crippen molar-refractivity contribution >= 4 is 11.9 Å². The van der Waals surface area contributed by atoms with E-state index in [-0.39, 0.29) is 11.9 Å². The quantitative estimate of drug-likeness (QED) is 0.792. The zero-order chi connectivity index (χ0) is 13.1. The van der Waals surface area contributed by atoms with Crippen molar-refractivity contribution in [3.63, 3.8) is 0 Å². The van der Waals surface area contributed by atoms with Crippen LogP contribution < -0.4 is 5.43 Å². The van der Waals surface area contributed by atoms with E-state index in [1.54, 1.807) is 24.3 Å². The van der Waals surface area contributed by atoms with Gasteiger partial charge in [0, 0.05) is 11.6 Å². The van der Waals surface area contributed by atoms with Gasteiger partial charge in [-0.2, -0.15) is 0 Å². The van der Waals surface area contributed by atoms with E-state index >= 15 is 0 Å². The van der Waals surface area contributed by atoms with E-state index in [9.17, 15) is 9.59 Å². The lowest BCUT2D eigenvalue weighted by Gasteiger charge is -2.22. The number of methoxy groups -OCH3 is 1. The SMILES string of the molecule is COC(=O)[C@H]1C[C@@H](C)NN1C(=O)c1ccccc1. The number of benzene rings is 1. The molecule has 1 amide bonds. The Morgan fingerprint density at radius 1 is 1.33 bits per heavy atom. The molecule has 0 aliphatic carbocycles. The zero-order valence-corrected chi connectivity index (χ0v) is 10.4. The number of ether oxygens (including phenoxy) is 1. The summed E-state index contributed by atoms with van der Waals surface area (Å²) in [5.41, 5.74) is 3.55. The van der Waals surface area contributed by atoms with Crippen molar-refractivity contribution in [2.75, 3.05) is 7.11 Å². The van der Waals surface area contributed by atoms with Crippen LogP contribution in [-0.2, 0) is 9.53 Å². The summed E-state index contributed by atoms with van der Waals surface area (Å²) in [6.45, 7) is 1.92. The highest BCUT2D eigenvalue weighted by molar-refractivity contribution is 5.96. The van der Waals surface area contributed by atoms with Crippen molar-refractivity contribution in [3.05, 3.63) is 35.9 Å². The number of hydrogen-bond acceptors (Lipinski definition) is 4. The Hall–Kier alpha value is -1.88. The molecule has 0 saturated carbocycles. The number of carbonyl (C=O) groups is 2. The number of rotatable bonds is 2. The maximum Gasteiger partial charge on any atom is 0.330 e. The van der Waals surface area contributed by atoms with E-state index < -0.39 is 12.0 Å². The topological polar surface area (TPSA) is 58.6 Å². The van der Waals surface area contributed by atoms with Gasteiger partial charge in [0.1, 0.15) is 6.04 Å². The molecule has 0 aromatic heterocycles. The molecule has 1 saturated heterocycles. The van der Waals surface area contributed by atoms with Crippen LogP contribution in [0.25, 0.3) is 0 Å². The normalized spacial score (nSPS) is 22.9. The van der Waals surface area contributed by atoms with Gasteiger partial charge in [-0.15, -0.1) is 0 Å². The van der Waals surface area contributed by atoms with Gasteiger partial charge in [0.05, 0.1) is 7.11 Å². The van der Waals surface area contributed by atoms with Crippen LogP contribution in [0.3, 0.4) is 0 Å². The van der Waals surface area contributed by atoms with E-state index in [0.29, 0.717) is 12.0 Å². The third kappa shape index (κ3) is 2.36. The number of esters is 1. The monoisotopic (exact) mass is 248 g/mol. The van der Waals surface area contributed by atoms with Crippen LogP contribution in [0.5, 0.6) is 0 Å². The first-order valence-corrected chi connectivity index (χ1v) is 5.86. The Morgan fingerprint density at radius 2 is 2.00 bits per heavy atom. The smallest absolute Gasteiger partial charge is 0.330 e. The summed E-state index contributed by atoms with van der Waals surface area (Å²) >= 11 is 0. The Labute approximate surface area is 106 Å². The van der Waals surface area contributed by atoms with E-state index in [2.05, 4.69) is 5.43 Å². The maximum atomic E-state index is 12.3. The van der Waals surface area contributed by atoms with Gasteiger partial charge in [0.25, 0.3) is 5.91 Å². The molecule has 0 unspecified atom stereocenters. The van der Waals surface area contributed by atoms with Crippen molar-refractivity contribution in [1.29, 1.82) is 0 Å². The minimum atomic E-state index is -0.558. The molecule has 2 rings (SSSR count). The third-order valence-corrected chi connectivity index (χ3v) is 2.96. The van der Waals surface area contributed by atoms with Crippen molar-refractivity contribution in [2.24, 2.45) is 0 Å². The molecule has 0 radical (unpaired) electrons. The molecule has 1 fully saturated rings. The fourth-order valence-corrected chi connectivity index (χ4v) is 2.08. The van der Waals surface area contributed by atoms with Gasteiger partial charge in [-0.3, -0.25) is 9.80 Å². The largest absolute Gasteiger partial charge is 0.467 e. The van der Waals surface area contributed by atoms with Crippen molar-refractivity contribution in [1.82, 2.24) is 10.4 Å². The van der Waals surface area contributed by atoms with Gasteiger partial charge in [-0.25, -0.2) is 10.2 Å². The second kappa shape index (κ2) is 5.18. The number of nitrogens with one attached hydrogen (secondary N) is 1. The van der Waals surface area contributed by atoms with Crippen molar-refractivity contribution in [3.8, 4) is 0 Å². The number of hydrazine groups is 1. The van der Waals surface area contributed by atoms with Gasteiger partial charge in [0.2, 0.25) is 0 Å². The highest BCUT2D eigenvalue weighted by Crippen LogP contribution is 2.18. The lowest BCUT2D eigenvalue weighted by Crippen LogP contribution is -2.47. The maximum absolute atomic E-state index is 12.3. The molecule has 0 spiro atoms. The second-order valence-corrected chi connectivity index (χ2v) is 4.35.